The Balaban J connectivity index is 2.33. The van der Waals surface area contributed by atoms with E-state index in [9.17, 15) is 4.79 Å². The number of benzene rings is 1. The van der Waals surface area contributed by atoms with Crippen LogP contribution >= 0.6 is 0 Å². The summed E-state index contributed by atoms with van der Waals surface area (Å²) >= 11 is 0. The third-order valence-corrected chi connectivity index (χ3v) is 3.00. The Morgan fingerprint density at radius 3 is 2.53 bits per heavy atom. The summed E-state index contributed by atoms with van der Waals surface area (Å²) in [6.07, 6.45) is 0.907. The summed E-state index contributed by atoms with van der Waals surface area (Å²) in [5, 5.41) is 20.8. The maximum atomic E-state index is 11.0. The van der Waals surface area contributed by atoms with E-state index in [0.29, 0.717) is 5.82 Å². The van der Waals surface area contributed by atoms with Gasteiger partial charge in [0, 0.05) is 0 Å². The van der Waals surface area contributed by atoms with Crippen molar-refractivity contribution in [2.45, 2.75) is 25.7 Å². The highest BCUT2D eigenvalue weighted by molar-refractivity contribution is 5.68. The summed E-state index contributed by atoms with van der Waals surface area (Å²) in [5.41, 5.74) is 2.11. The second-order valence-corrected chi connectivity index (χ2v) is 4.38. The van der Waals surface area contributed by atoms with Crippen LogP contribution in [0.2, 0.25) is 0 Å². The number of aryl methyl sites for hydroxylation is 2. The van der Waals surface area contributed by atoms with Crippen LogP contribution < -0.4 is 0 Å². The number of hydrogen-bond donors (Lipinski definition) is 1. The van der Waals surface area contributed by atoms with Crippen LogP contribution in [0.1, 0.15) is 36.2 Å². The molecule has 1 atom stereocenters. The van der Waals surface area contributed by atoms with Crippen molar-refractivity contribution in [1.29, 1.82) is 0 Å². The molecular formula is C13H16N4O2. The SMILES string of the molecule is CCc1ccc(C(CC(=O)O)c2nnn(C)n2)cc1. The number of tetrazole rings is 1. The predicted molar refractivity (Wildman–Crippen MR) is 68.7 cm³/mol. The molecule has 2 rings (SSSR count). The molecule has 1 aromatic heterocycles. The minimum Gasteiger partial charge on any atom is -0.481 e. The Bertz CT molecular complexity index is 562. The first-order valence-corrected chi connectivity index (χ1v) is 6.14. The van der Waals surface area contributed by atoms with Gasteiger partial charge in [-0.25, -0.2) is 0 Å². The molecular weight excluding hydrogens is 244 g/mol. The van der Waals surface area contributed by atoms with Crippen LogP contribution in [0.15, 0.2) is 24.3 Å². The molecule has 0 saturated carbocycles. The molecule has 0 aliphatic carbocycles. The average molecular weight is 260 g/mol. The van der Waals surface area contributed by atoms with E-state index >= 15 is 0 Å². The van der Waals surface area contributed by atoms with Crippen molar-refractivity contribution in [1.82, 2.24) is 20.2 Å². The second kappa shape index (κ2) is 5.60. The smallest absolute Gasteiger partial charge is 0.304 e. The third-order valence-electron chi connectivity index (χ3n) is 3.00. The van der Waals surface area contributed by atoms with Crippen LogP contribution in [0.5, 0.6) is 0 Å². The fraction of sp³-hybridized carbons (Fsp3) is 0.385. The van der Waals surface area contributed by atoms with Gasteiger partial charge < -0.3 is 5.11 Å². The van der Waals surface area contributed by atoms with Crippen LogP contribution in [-0.2, 0) is 18.3 Å². The van der Waals surface area contributed by atoms with Gasteiger partial charge in [-0.15, -0.1) is 10.2 Å². The maximum Gasteiger partial charge on any atom is 0.304 e. The molecule has 6 heteroatoms. The van der Waals surface area contributed by atoms with E-state index in [1.807, 2.05) is 24.3 Å². The monoisotopic (exact) mass is 260 g/mol. The van der Waals surface area contributed by atoms with E-state index in [1.165, 1.54) is 10.4 Å². The van der Waals surface area contributed by atoms with Crippen molar-refractivity contribution in [3.63, 3.8) is 0 Å². The van der Waals surface area contributed by atoms with Crippen LogP contribution in [-0.4, -0.2) is 31.3 Å². The first kappa shape index (κ1) is 13.2. The lowest BCUT2D eigenvalue weighted by Gasteiger charge is -2.11. The van der Waals surface area contributed by atoms with Gasteiger partial charge in [-0.05, 0) is 22.8 Å². The molecule has 0 fully saturated rings. The number of rotatable bonds is 5. The summed E-state index contributed by atoms with van der Waals surface area (Å²) in [6, 6.07) is 7.87. The summed E-state index contributed by atoms with van der Waals surface area (Å²) < 4.78 is 0. The molecule has 0 saturated heterocycles. The van der Waals surface area contributed by atoms with Crippen molar-refractivity contribution in [3.8, 4) is 0 Å². The van der Waals surface area contributed by atoms with Gasteiger partial charge in [0.25, 0.3) is 0 Å². The molecule has 2 aromatic rings. The summed E-state index contributed by atoms with van der Waals surface area (Å²) in [6.45, 7) is 2.08. The Labute approximate surface area is 111 Å². The van der Waals surface area contributed by atoms with Gasteiger partial charge in [0.05, 0.1) is 19.4 Å². The summed E-state index contributed by atoms with van der Waals surface area (Å²) in [4.78, 5) is 12.3. The quantitative estimate of drug-likeness (QED) is 0.878. The van der Waals surface area contributed by atoms with Crippen molar-refractivity contribution in [3.05, 3.63) is 41.2 Å². The molecule has 1 aromatic carbocycles. The third kappa shape index (κ3) is 3.15. The number of carboxylic acid groups (broad SMARTS) is 1. The Morgan fingerprint density at radius 2 is 2.05 bits per heavy atom. The number of carboxylic acids is 1. The highest BCUT2D eigenvalue weighted by atomic mass is 16.4. The molecule has 0 bridgehead atoms. The zero-order valence-corrected chi connectivity index (χ0v) is 10.9. The van der Waals surface area contributed by atoms with E-state index < -0.39 is 5.97 Å². The molecule has 0 radical (unpaired) electrons. The van der Waals surface area contributed by atoms with E-state index in [4.69, 9.17) is 5.11 Å². The predicted octanol–water partition coefficient (Wildman–Crippen LogP) is 1.38. The first-order chi connectivity index (χ1) is 9.10. The van der Waals surface area contributed by atoms with Crippen molar-refractivity contribution >= 4 is 5.97 Å². The summed E-state index contributed by atoms with van der Waals surface area (Å²) in [5.74, 6) is -0.803. The molecule has 0 aliphatic rings. The zero-order chi connectivity index (χ0) is 13.8. The highest BCUT2D eigenvalue weighted by Gasteiger charge is 2.22. The van der Waals surface area contributed by atoms with Gasteiger partial charge >= 0.3 is 5.97 Å². The molecule has 100 valence electrons. The topological polar surface area (TPSA) is 80.9 Å². The van der Waals surface area contributed by atoms with Gasteiger partial charge in [-0.3, -0.25) is 4.79 Å². The van der Waals surface area contributed by atoms with Crippen molar-refractivity contribution in [2.75, 3.05) is 0 Å². The van der Waals surface area contributed by atoms with Crippen LogP contribution in [0.25, 0.3) is 0 Å². The van der Waals surface area contributed by atoms with E-state index in [1.54, 1.807) is 7.05 Å². The Morgan fingerprint density at radius 1 is 1.37 bits per heavy atom. The van der Waals surface area contributed by atoms with Crippen LogP contribution in [0, 0.1) is 0 Å². The maximum absolute atomic E-state index is 11.0. The van der Waals surface area contributed by atoms with E-state index in [0.717, 1.165) is 12.0 Å². The number of aliphatic carboxylic acids is 1. The van der Waals surface area contributed by atoms with E-state index in [2.05, 4.69) is 22.3 Å². The molecule has 0 aliphatic heterocycles. The Kier molecular flexibility index (Phi) is 3.89. The first-order valence-electron chi connectivity index (χ1n) is 6.14. The van der Waals surface area contributed by atoms with Gasteiger partial charge in [0.2, 0.25) is 0 Å². The Hall–Kier alpha value is -2.24. The summed E-state index contributed by atoms with van der Waals surface area (Å²) in [7, 11) is 1.66. The van der Waals surface area contributed by atoms with Gasteiger partial charge in [0.15, 0.2) is 5.82 Å². The largest absolute Gasteiger partial charge is 0.481 e. The molecule has 6 nitrogen and oxygen atoms in total. The van der Waals surface area contributed by atoms with Gasteiger partial charge in [-0.1, -0.05) is 31.2 Å². The molecule has 1 heterocycles. The number of carbonyl (C=O) groups is 1. The number of aromatic nitrogens is 4. The molecule has 0 amide bonds. The molecule has 1 unspecified atom stereocenters. The lowest BCUT2D eigenvalue weighted by molar-refractivity contribution is -0.137. The normalized spacial score (nSPS) is 12.3. The fourth-order valence-electron chi connectivity index (χ4n) is 1.96. The second-order valence-electron chi connectivity index (χ2n) is 4.38. The van der Waals surface area contributed by atoms with Gasteiger partial charge in [0.1, 0.15) is 0 Å². The zero-order valence-electron chi connectivity index (χ0n) is 10.9. The minimum absolute atomic E-state index is 0.0445. The molecule has 19 heavy (non-hydrogen) atoms. The lowest BCUT2D eigenvalue weighted by atomic mass is 9.94. The number of hydrogen-bond acceptors (Lipinski definition) is 4. The standard InChI is InChI=1S/C13H16N4O2/c1-3-9-4-6-10(7-5-9)11(8-12(18)19)13-14-16-17(2)15-13/h4-7,11H,3,8H2,1-2H3,(H,18,19). The molecule has 0 spiro atoms. The molecule has 1 N–H and O–H groups in total. The van der Waals surface area contributed by atoms with Crippen molar-refractivity contribution < 1.29 is 9.90 Å². The van der Waals surface area contributed by atoms with E-state index in [-0.39, 0.29) is 12.3 Å². The lowest BCUT2D eigenvalue weighted by Crippen LogP contribution is -2.10. The highest BCUT2D eigenvalue weighted by Crippen LogP contribution is 2.25. The fourth-order valence-corrected chi connectivity index (χ4v) is 1.96. The number of nitrogens with zero attached hydrogens (tertiary/aromatic N) is 4. The van der Waals surface area contributed by atoms with Crippen LogP contribution in [0.3, 0.4) is 0 Å². The van der Waals surface area contributed by atoms with Crippen molar-refractivity contribution in [2.24, 2.45) is 7.05 Å². The van der Waals surface area contributed by atoms with Crippen LogP contribution in [0.4, 0.5) is 0 Å². The average Bonchev–Trinajstić information content (AvgIpc) is 2.82. The van der Waals surface area contributed by atoms with Gasteiger partial charge in [-0.2, -0.15) is 4.80 Å². The minimum atomic E-state index is -0.878.